The van der Waals surface area contributed by atoms with Gasteiger partial charge in [0.05, 0.1) is 18.8 Å². The molecule has 0 saturated carbocycles. The van der Waals surface area contributed by atoms with Crippen LogP contribution in [0.4, 0.5) is 8.78 Å². The lowest BCUT2D eigenvalue weighted by atomic mass is 10.0. The van der Waals surface area contributed by atoms with Crippen molar-refractivity contribution >= 4 is 5.91 Å². The minimum absolute atomic E-state index is 0.113. The summed E-state index contributed by atoms with van der Waals surface area (Å²) < 4.78 is 34.7. The molecule has 1 fully saturated rings. The third-order valence-corrected chi connectivity index (χ3v) is 4.10. The second-order valence-electron chi connectivity index (χ2n) is 6.04. The van der Waals surface area contributed by atoms with Crippen molar-refractivity contribution in [2.24, 2.45) is 5.92 Å². The first-order chi connectivity index (χ1) is 11.5. The number of carbonyl (C=O) groups excluding carboxylic acids is 1. The maximum Gasteiger partial charge on any atom is 0.387 e. The number of hydrogen-bond donors (Lipinski definition) is 1. The third kappa shape index (κ3) is 5.14. The molecule has 1 heterocycles. The monoisotopic (exact) mass is 342 g/mol. The summed E-state index contributed by atoms with van der Waals surface area (Å²) in [6.45, 7) is 4.69. The Kier molecular flexibility index (Phi) is 6.93. The van der Waals surface area contributed by atoms with Gasteiger partial charge in [0.15, 0.2) is 0 Å². The summed E-state index contributed by atoms with van der Waals surface area (Å²) in [4.78, 5) is 14.7. The molecule has 5 nitrogen and oxygen atoms in total. The molecular weight excluding hydrogens is 318 g/mol. The summed E-state index contributed by atoms with van der Waals surface area (Å²) in [6.07, 6.45) is 0. The molecule has 1 aromatic carbocycles. The number of hydrogen-bond acceptors (Lipinski definition) is 4. The number of halogens is 2. The molecule has 1 atom stereocenters. The van der Waals surface area contributed by atoms with Crippen LogP contribution in [-0.4, -0.2) is 56.3 Å². The molecule has 24 heavy (non-hydrogen) atoms. The van der Waals surface area contributed by atoms with Crippen molar-refractivity contribution in [1.29, 1.82) is 0 Å². The zero-order chi connectivity index (χ0) is 17.5. The molecule has 0 bridgehead atoms. The van der Waals surface area contributed by atoms with Crippen LogP contribution in [0.2, 0.25) is 0 Å². The highest BCUT2D eigenvalue weighted by molar-refractivity contribution is 5.96. The fourth-order valence-corrected chi connectivity index (χ4v) is 2.84. The molecule has 1 aliphatic heterocycles. The number of alkyl halides is 2. The summed E-state index contributed by atoms with van der Waals surface area (Å²) in [5.41, 5.74) is 0.113. The summed E-state index contributed by atoms with van der Waals surface area (Å²) in [7, 11) is 0. The van der Waals surface area contributed by atoms with Crippen LogP contribution in [-0.2, 0) is 4.74 Å². The Morgan fingerprint density at radius 2 is 1.96 bits per heavy atom. The van der Waals surface area contributed by atoms with Crippen LogP contribution in [0.15, 0.2) is 24.3 Å². The number of ether oxygens (including phenoxy) is 2. The minimum Gasteiger partial charge on any atom is -0.434 e. The fourth-order valence-electron chi connectivity index (χ4n) is 2.84. The second-order valence-corrected chi connectivity index (χ2v) is 6.04. The van der Waals surface area contributed by atoms with Gasteiger partial charge < -0.3 is 14.8 Å². The van der Waals surface area contributed by atoms with E-state index in [2.05, 4.69) is 28.8 Å². The number of para-hydroxylation sites is 1. The molecule has 0 spiro atoms. The number of nitrogens with one attached hydrogen (secondary N) is 1. The molecule has 1 saturated heterocycles. The van der Waals surface area contributed by atoms with E-state index in [-0.39, 0.29) is 17.4 Å². The lowest BCUT2D eigenvalue weighted by Gasteiger charge is -2.36. The fraction of sp³-hybridized carbons (Fsp3) is 0.588. The Morgan fingerprint density at radius 1 is 1.29 bits per heavy atom. The Balaban J connectivity index is 2.00. The molecule has 2 rings (SSSR count). The van der Waals surface area contributed by atoms with E-state index >= 15 is 0 Å². The lowest BCUT2D eigenvalue weighted by molar-refractivity contribution is -0.0501. The maximum atomic E-state index is 12.5. The van der Waals surface area contributed by atoms with Gasteiger partial charge in [0, 0.05) is 25.7 Å². The quantitative estimate of drug-likeness (QED) is 0.827. The van der Waals surface area contributed by atoms with Crippen LogP contribution < -0.4 is 10.1 Å². The van der Waals surface area contributed by atoms with Crippen LogP contribution >= 0.6 is 0 Å². The van der Waals surface area contributed by atoms with E-state index in [0.29, 0.717) is 25.7 Å². The zero-order valence-electron chi connectivity index (χ0n) is 14.0. The normalized spacial score (nSPS) is 17.1. The molecule has 0 radical (unpaired) electrons. The second kappa shape index (κ2) is 8.94. The Bertz CT molecular complexity index is 534. The van der Waals surface area contributed by atoms with Gasteiger partial charge in [0.1, 0.15) is 5.75 Å². The molecule has 1 aromatic rings. The van der Waals surface area contributed by atoms with Gasteiger partial charge in [0.2, 0.25) is 0 Å². The van der Waals surface area contributed by atoms with E-state index in [1.807, 2.05) is 0 Å². The number of carbonyl (C=O) groups is 1. The van der Waals surface area contributed by atoms with Crippen LogP contribution in [0.3, 0.4) is 0 Å². The number of amides is 1. The predicted molar refractivity (Wildman–Crippen MR) is 86.4 cm³/mol. The van der Waals surface area contributed by atoms with Crippen molar-refractivity contribution in [3.05, 3.63) is 29.8 Å². The Morgan fingerprint density at radius 3 is 2.58 bits per heavy atom. The summed E-state index contributed by atoms with van der Waals surface area (Å²) >= 11 is 0. The van der Waals surface area contributed by atoms with Gasteiger partial charge in [-0.1, -0.05) is 26.0 Å². The van der Waals surface area contributed by atoms with Crippen LogP contribution in [0.5, 0.6) is 5.75 Å². The van der Waals surface area contributed by atoms with E-state index in [0.717, 1.165) is 13.1 Å². The minimum atomic E-state index is -2.96. The number of morpholine rings is 1. The van der Waals surface area contributed by atoms with Crippen molar-refractivity contribution in [3.8, 4) is 5.75 Å². The average molecular weight is 342 g/mol. The van der Waals surface area contributed by atoms with E-state index in [4.69, 9.17) is 4.74 Å². The first-order valence-electron chi connectivity index (χ1n) is 8.13. The average Bonchev–Trinajstić information content (AvgIpc) is 2.55. The standard InChI is InChI=1S/C17H24F2N2O3/c1-12(2)14(21-7-9-23-10-8-21)11-20-16(22)13-5-3-4-6-15(13)24-17(18)19/h3-6,12,14,17H,7-11H2,1-2H3,(H,20,22)/t14-/m1/s1. The summed E-state index contributed by atoms with van der Waals surface area (Å²) in [5, 5.41) is 2.85. The highest BCUT2D eigenvalue weighted by atomic mass is 19.3. The first-order valence-corrected chi connectivity index (χ1v) is 8.13. The molecule has 1 aliphatic rings. The highest BCUT2D eigenvalue weighted by Crippen LogP contribution is 2.20. The van der Waals surface area contributed by atoms with E-state index in [9.17, 15) is 13.6 Å². The van der Waals surface area contributed by atoms with Crippen molar-refractivity contribution < 1.29 is 23.0 Å². The zero-order valence-corrected chi connectivity index (χ0v) is 14.0. The SMILES string of the molecule is CC(C)[C@@H](CNC(=O)c1ccccc1OC(F)F)N1CCOCC1. The first kappa shape index (κ1) is 18.6. The Labute approximate surface area is 140 Å². The van der Waals surface area contributed by atoms with Gasteiger partial charge in [0.25, 0.3) is 5.91 Å². The largest absolute Gasteiger partial charge is 0.434 e. The van der Waals surface area contributed by atoms with E-state index in [1.165, 1.54) is 12.1 Å². The summed E-state index contributed by atoms with van der Waals surface area (Å²) in [6, 6.07) is 6.18. The molecular formula is C17H24F2N2O3. The van der Waals surface area contributed by atoms with Gasteiger partial charge in [-0.2, -0.15) is 8.78 Å². The molecule has 7 heteroatoms. The third-order valence-electron chi connectivity index (χ3n) is 4.10. The number of rotatable bonds is 7. The van der Waals surface area contributed by atoms with Crippen molar-refractivity contribution in [1.82, 2.24) is 10.2 Å². The number of nitrogens with zero attached hydrogens (tertiary/aromatic N) is 1. The van der Waals surface area contributed by atoms with Crippen molar-refractivity contribution in [2.75, 3.05) is 32.8 Å². The van der Waals surface area contributed by atoms with Crippen molar-refractivity contribution in [2.45, 2.75) is 26.5 Å². The predicted octanol–water partition coefficient (Wildman–Crippen LogP) is 2.37. The summed E-state index contributed by atoms with van der Waals surface area (Å²) in [5.74, 6) is -0.182. The lowest BCUT2D eigenvalue weighted by Crippen LogP contribution is -2.51. The van der Waals surface area contributed by atoms with Crippen LogP contribution in [0, 0.1) is 5.92 Å². The molecule has 134 valence electrons. The van der Waals surface area contributed by atoms with Gasteiger partial charge in [-0.05, 0) is 18.1 Å². The van der Waals surface area contributed by atoms with Crippen LogP contribution in [0.25, 0.3) is 0 Å². The van der Waals surface area contributed by atoms with Gasteiger partial charge in [-0.25, -0.2) is 0 Å². The van der Waals surface area contributed by atoms with E-state index < -0.39 is 12.5 Å². The Hall–Kier alpha value is -1.73. The van der Waals surface area contributed by atoms with E-state index in [1.54, 1.807) is 12.1 Å². The maximum absolute atomic E-state index is 12.5. The molecule has 0 unspecified atom stereocenters. The smallest absolute Gasteiger partial charge is 0.387 e. The molecule has 1 amide bonds. The molecule has 0 aliphatic carbocycles. The van der Waals surface area contributed by atoms with Crippen LogP contribution in [0.1, 0.15) is 24.2 Å². The molecule has 0 aromatic heterocycles. The van der Waals surface area contributed by atoms with Gasteiger partial charge >= 0.3 is 6.61 Å². The topological polar surface area (TPSA) is 50.8 Å². The number of benzene rings is 1. The van der Waals surface area contributed by atoms with Crippen molar-refractivity contribution in [3.63, 3.8) is 0 Å². The highest BCUT2D eigenvalue weighted by Gasteiger charge is 2.25. The van der Waals surface area contributed by atoms with Gasteiger partial charge in [-0.3, -0.25) is 9.69 Å². The molecule has 1 N–H and O–H groups in total. The van der Waals surface area contributed by atoms with Gasteiger partial charge in [-0.15, -0.1) is 0 Å².